The molecule has 2 aliphatic heterocycles. The highest BCUT2D eigenvalue weighted by Crippen LogP contribution is 2.36. The van der Waals surface area contributed by atoms with E-state index in [9.17, 15) is 10.2 Å². The van der Waals surface area contributed by atoms with Gasteiger partial charge in [0.15, 0.2) is 9.79 Å². The van der Waals surface area contributed by atoms with Gasteiger partial charge in [0, 0.05) is 33.9 Å². The zero-order valence-electron chi connectivity index (χ0n) is 18.8. The Hall–Kier alpha value is -2.30. The van der Waals surface area contributed by atoms with Crippen LogP contribution < -0.4 is 10.2 Å². The van der Waals surface area contributed by atoms with Gasteiger partial charge in [-0.05, 0) is 89.0 Å². The summed E-state index contributed by atoms with van der Waals surface area (Å²) in [5, 5.41) is 30.3. The molecule has 4 aromatic carbocycles. The summed E-state index contributed by atoms with van der Waals surface area (Å²) < 4.78 is 0. The first kappa shape index (κ1) is 21.2. The Bertz CT molecular complexity index is 1330. The summed E-state index contributed by atoms with van der Waals surface area (Å²) in [6.07, 6.45) is 5.64. The lowest BCUT2D eigenvalue weighted by Crippen LogP contribution is -2.06. The van der Waals surface area contributed by atoms with Crippen molar-refractivity contribution < 1.29 is 10.2 Å². The predicted octanol–water partition coefficient (Wildman–Crippen LogP) is 5.27. The van der Waals surface area contributed by atoms with Crippen LogP contribution in [0.2, 0.25) is 0 Å². The van der Waals surface area contributed by atoms with E-state index in [1.165, 1.54) is 58.5 Å². The first-order chi connectivity index (χ1) is 16.2. The molecule has 4 heteroatoms. The minimum atomic E-state index is 0.0313. The van der Waals surface area contributed by atoms with E-state index in [0.717, 1.165) is 32.7 Å². The van der Waals surface area contributed by atoms with Crippen molar-refractivity contribution in [2.45, 2.75) is 41.9 Å². The third-order valence-corrected chi connectivity index (χ3v) is 12.2. The molecule has 2 nitrogen and oxygen atoms in total. The molecule has 0 aliphatic carbocycles. The minimum absolute atomic E-state index is 0.0313. The van der Waals surface area contributed by atoms with Gasteiger partial charge in [-0.25, -0.2) is 0 Å². The third kappa shape index (κ3) is 3.98. The van der Waals surface area contributed by atoms with E-state index in [0.29, 0.717) is 28.2 Å². The third-order valence-electron chi connectivity index (χ3n) is 7.20. The van der Waals surface area contributed by atoms with Crippen molar-refractivity contribution in [3.05, 3.63) is 71.8 Å². The second kappa shape index (κ2) is 8.81. The Kier molecular flexibility index (Phi) is 5.67. The Balaban J connectivity index is 1.44. The van der Waals surface area contributed by atoms with Crippen molar-refractivity contribution in [2.24, 2.45) is 0 Å². The average Bonchev–Trinajstić information content (AvgIpc) is 3.56. The van der Waals surface area contributed by atoms with Gasteiger partial charge in [0.2, 0.25) is 0 Å². The maximum absolute atomic E-state index is 13.0. The topological polar surface area (TPSA) is 46.1 Å². The fourth-order valence-electron chi connectivity index (χ4n) is 5.37. The monoisotopic (exact) mass is 472 g/mol. The van der Waals surface area contributed by atoms with Gasteiger partial charge in [-0.2, -0.15) is 0 Å². The lowest BCUT2D eigenvalue weighted by molar-refractivity contribution is -0.270. The standard InChI is InChI=1S/C29H28O2S2/c30-28-12-7-21-17-22(32-13-1-2-14-32)9-10-24(21)26(28)19-27-25-18-23(33-15-3-4-16-33)8-5-20(25)6-11-29(27)31/h5-12,17-18H,1-4,13-16,19H2. The summed E-state index contributed by atoms with van der Waals surface area (Å²) in [6.45, 7) is 0. The van der Waals surface area contributed by atoms with E-state index < -0.39 is 0 Å². The maximum Gasteiger partial charge on any atom is 0.155 e. The zero-order valence-corrected chi connectivity index (χ0v) is 20.4. The molecule has 0 amide bonds. The van der Waals surface area contributed by atoms with Crippen LogP contribution in [-0.4, -0.2) is 23.0 Å². The van der Waals surface area contributed by atoms with Crippen molar-refractivity contribution >= 4 is 43.3 Å². The summed E-state index contributed by atoms with van der Waals surface area (Å²) in [4.78, 5) is 2.79. The van der Waals surface area contributed by atoms with E-state index in [1.54, 1.807) is 12.1 Å². The molecular formula is C29H28O2S2. The predicted molar refractivity (Wildman–Crippen MR) is 139 cm³/mol. The molecule has 2 fully saturated rings. The smallest absolute Gasteiger partial charge is 0.155 e. The van der Waals surface area contributed by atoms with Crippen molar-refractivity contribution in [1.29, 1.82) is 0 Å². The Morgan fingerprint density at radius 3 is 1.73 bits per heavy atom. The molecule has 4 aromatic rings. The van der Waals surface area contributed by atoms with Gasteiger partial charge in [-0.1, -0.05) is 24.3 Å². The molecule has 2 aliphatic rings. The lowest BCUT2D eigenvalue weighted by Gasteiger charge is -2.22. The summed E-state index contributed by atoms with van der Waals surface area (Å²) >= 11 is 0. The highest BCUT2D eigenvalue weighted by atomic mass is 32.2. The van der Waals surface area contributed by atoms with E-state index in [1.807, 2.05) is 12.1 Å². The molecule has 0 unspecified atom stereocenters. The summed E-state index contributed by atoms with van der Waals surface area (Å²) in [5.41, 5.74) is 1.52. The van der Waals surface area contributed by atoms with Gasteiger partial charge in [-0.3, -0.25) is 0 Å². The molecule has 168 valence electrons. The molecule has 33 heavy (non-hydrogen) atoms. The summed E-state index contributed by atoms with van der Waals surface area (Å²) in [5.74, 6) is 5.17. The molecule has 2 saturated heterocycles. The Morgan fingerprint density at radius 2 is 1.06 bits per heavy atom. The fraction of sp³-hybridized carbons (Fsp3) is 0.310. The second-order valence-electron chi connectivity index (χ2n) is 9.24. The van der Waals surface area contributed by atoms with Crippen LogP contribution in [0.1, 0.15) is 36.8 Å². The molecule has 0 bridgehead atoms. The molecule has 6 rings (SSSR count). The van der Waals surface area contributed by atoms with Crippen LogP contribution in [0.4, 0.5) is 0 Å². The Labute approximate surface area is 201 Å². The zero-order chi connectivity index (χ0) is 22.4. The number of rotatable bonds is 4. The van der Waals surface area contributed by atoms with E-state index in [2.05, 4.69) is 36.4 Å². The molecule has 0 aromatic heterocycles. The fourth-order valence-corrected chi connectivity index (χ4v) is 10.0. The van der Waals surface area contributed by atoms with Crippen molar-refractivity contribution in [2.75, 3.05) is 23.0 Å². The normalized spacial score (nSPS) is 17.5. The SMILES string of the molecule is [O-]c1ccc2cc([S+]3CCCC3)ccc2c1Cc1c([O-])ccc2ccc([S+]3CCCC3)cc12. The molecular weight excluding hydrogens is 444 g/mol. The maximum atomic E-state index is 13.0. The molecule has 0 radical (unpaired) electrons. The molecule has 2 heterocycles. The van der Waals surface area contributed by atoms with Crippen molar-refractivity contribution in [1.82, 2.24) is 0 Å². The second-order valence-corrected chi connectivity index (χ2v) is 13.8. The Morgan fingerprint density at radius 1 is 0.545 bits per heavy atom. The van der Waals surface area contributed by atoms with Crippen LogP contribution in [0.5, 0.6) is 11.5 Å². The van der Waals surface area contributed by atoms with Crippen LogP contribution in [0.15, 0.2) is 70.5 Å². The first-order valence-electron chi connectivity index (χ1n) is 12.0. The van der Waals surface area contributed by atoms with Crippen molar-refractivity contribution in [3.63, 3.8) is 0 Å². The van der Waals surface area contributed by atoms with Gasteiger partial charge >= 0.3 is 0 Å². The van der Waals surface area contributed by atoms with Gasteiger partial charge < -0.3 is 10.2 Å². The highest BCUT2D eigenvalue weighted by Gasteiger charge is 2.28. The van der Waals surface area contributed by atoms with Gasteiger partial charge in [0.05, 0.1) is 0 Å². The van der Waals surface area contributed by atoms with Crippen LogP contribution >= 0.6 is 0 Å². The minimum Gasteiger partial charge on any atom is -0.872 e. The lowest BCUT2D eigenvalue weighted by atomic mass is 9.93. The van der Waals surface area contributed by atoms with Crippen LogP contribution in [0.25, 0.3) is 21.5 Å². The van der Waals surface area contributed by atoms with E-state index in [4.69, 9.17) is 0 Å². The van der Waals surface area contributed by atoms with Crippen LogP contribution in [0, 0.1) is 0 Å². The van der Waals surface area contributed by atoms with Gasteiger partial charge in [0.1, 0.15) is 23.0 Å². The number of fused-ring (bicyclic) bond motifs is 2. The molecule has 0 atom stereocenters. The van der Waals surface area contributed by atoms with Crippen LogP contribution in [-0.2, 0) is 28.2 Å². The molecule has 0 saturated carbocycles. The average molecular weight is 473 g/mol. The van der Waals surface area contributed by atoms with Crippen LogP contribution in [0.3, 0.4) is 0 Å². The first-order valence-corrected chi connectivity index (χ1v) is 15.1. The van der Waals surface area contributed by atoms with E-state index >= 15 is 0 Å². The van der Waals surface area contributed by atoms with Gasteiger partial charge in [0.25, 0.3) is 0 Å². The summed E-state index contributed by atoms with van der Waals surface area (Å²) in [7, 11) is 0.648. The molecule has 0 N–H and O–H groups in total. The molecule has 0 spiro atoms. The van der Waals surface area contributed by atoms with E-state index in [-0.39, 0.29) is 11.5 Å². The summed E-state index contributed by atoms with van der Waals surface area (Å²) in [6, 6.07) is 20.5. The van der Waals surface area contributed by atoms with Gasteiger partial charge in [-0.15, -0.1) is 11.5 Å². The quantitative estimate of drug-likeness (QED) is 0.380. The number of hydrogen-bond donors (Lipinski definition) is 0. The number of hydrogen-bond acceptors (Lipinski definition) is 2. The number of benzene rings is 4. The van der Waals surface area contributed by atoms with Crippen molar-refractivity contribution in [3.8, 4) is 11.5 Å². The largest absolute Gasteiger partial charge is 0.872 e. The highest BCUT2D eigenvalue weighted by molar-refractivity contribution is 7.97.